The molecule has 0 saturated carbocycles. The Balaban J connectivity index is 1.79. The SMILES string of the molecule is O=C(Nc1ccc(Cl)cc1)c1cc(-c2ccc(Cl)cc2)c2sc(=O)[nH]c2n1. The number of nitrogens with zero attached hydrogens (tertiary/aromatic N) is 1. The van der Waals surface area contributed by atoms with Crippen molar-refractivity contribution in [2.75, 3.05) is 5.32 Å². The van der Waals surface area contributed by atoms with Crippen molar-refractivity contribution >= 4 is 56.5 Å². The van der Waals surface area contributed by atoms with E-state index >= 15 is 0 Å². The minimum atomic E-state index is -0.388. The van der Waals surface area contributed by atoms with Gasteiger partial charge in [-0.1, -0.05) is 46.7 Å². The van der Waals surface area contributed by atoms with Gasteiger partial charge in [-0.3, -0.25) is 14.6 Å². The molecule has 0 fully saturated rings. The maximum atomic E-state index is 12.7. The smallest absolute Gasteiger partial charge is 0.306 e. The quantitative estimate of drug-likeness (QED) is 0.482. The highest BCUT2D eigenvalue weighted by Crippen LogP contribution is 2.30. The van der Waals surface area contributed by atoms with Crippen molar-refractivity contribution in [1.82, 2.24) is 9.97 Å². The van der Waals surface area contributed by atoms with Crippen LogP contribution in [-0.4, -0.2) is 15.9 Å². The number of halogens is 2. The average molecular weight is 416 g/mol. The largest absolute Gasteiger partial charge is 0.321 e. The van der Waals surface area contributed by atoms with Crippen molar-refractivity contribution in [3.8, 4) is 11.1 Å². The topological polar surface area (TPSA) is 74.8 Å². The number of rotatable bonds is 3. The second-order valence-corrected chi connectivity index (χ2v) is 7.57. The van der Waals surface area contributed by atoms with Crippen LogP contribution >= 0.6 is 34.5 Å². The molecule has 1 amide bonds. The van der Waals surface area contributed by atoms with E-state index in [2.05, 4.69) is 15.3 Å². The zero-order chi connectivity index (χ0) is 19.0. The van der Waals surface area contributed by atoms with Crippen molar-refractivity contribution in [1.29, 1.82) is 0 Å². The van der Waals surface area contributed by atoms with Gasteiger partial charge in [0.15, 0.2) is 5.65 Å². The number of aromatic amines is 1. The number of aromatic nitrogens is 2. The number of pyridine rings is 1. The molecule has 0 aliphatic carbocycles. The first-order valence-electron chi connectivity index (χ1n) is 7.86. The Bertz CT molecular complexity index is 1200. The van der Waals surface area contributed by atoms with Gasteiger partial charge in [-0.2, -0.15) is 0 Å². The van der Waals surface area contributed by atoms with E-state index in [1.165, 1.54) is 0 Å². The maximum absolute atomic E-state index is 12.7. The Morgan fingerprint density at radius 2 is 1.63 bits per heavy atom. The Labute approximate surface area is 167 Å². The molecule has 2 aromatic heterocycles. The molecule has 4 rings (SSSR count). The lowest BCUT2D eigenvalue weighted by molar-refractivity contribution is 0.102. The molecule has 8 heteroatoms. The summed E-state index contributed by atoms with van der Waals surface area (Å²) in [4.78, 5) is 31.2. The zero-order valence-electron chi connectivity index (χ0n) is 13.6. The highest BCUT2D eigenvalue weighted by molar-refractivity contribution is 7.16. The Morgan fingerprint density at radius 1 is 1.00 bits per heavy atom. The van der Waals surface area contributed by atoms with Crippen LogP contribution in [0.25, 0.3) is 21.5 Å². The van der Waals surface area contributed by atoms with E-state index in [1.807, 2.05) is 12.1 Å². The molecule has 0 aliphatic rings. The lowest BCUT2D eigenvalue weighted by Crippen LogP contribution is -2.14. The summed E-state index contributed by atoms with van der Waals surface area (Å²) < 4.78 is 0.686. The molecule has 27 heavy (non-hydrogen) atoms. The summed E-state index contributed by atoms with van der Waals surface area (Å²) in [6.07, 6.45) is 0. The van der Waals surface area contributed by atoms with E-state index in [0.717, 1.165) is 22.5 Å². The van der Waals surface area contributed by atoms with Gasteiger partial charge in [0, 0.05) is 21.3 Å². The molecule has 4 aromatic rings. The molecule has 2 heterocycles. The highest BCUT2D eigenvalue weighted by atomic mass is 35.5. The summed E-state index contributed by atoms with van der Waals surface area (Å²) in [5.74, 6) is -0.388. The van der Waals surface area contributed by atoms with E-state index < -0.39 is 0 Å². The van der Waals surface area contributed by atoms with Crippen LogP contribution in [0.4, 0.5) is 5.69 Å². The van der Waals surface area contributed by atoms with E-state index in [1.54, 1.807) is 42.5 Å². The summed E-state index contributed by atoms with van der Waals surface area (Å²) in [6.45, 7) is 0. The average Bonchev–Trinajstić information content (AvgIpc) is 3.03. The van der Waals surface area contributed by atoms with E-state index in [0.29, 0.717) is 26.1 Å². The van der Waals surface area contributed by atoms with Gasteiger partial charge in [0.25, 0.3) is 5.91 Å². The van der Waals surface area contributed by atoms with E-state index in [4.69, 9.17) is 23.2 Å². The van der Waals surface area contributed by atoms with Crippen LogP contribution in [0.3, 0.4) is 0 Å². The van der Waals surface area contributed by atoms with Gasteiger partial charge >= 0.3 is 4.87 Å². The first-order chi connectivity index (χ1) is 13.0. The maximum Gasteiger partial charge on any atom is 0.306 e. The number of benzene rings is 2. The number of H-pyrrole nitrogens is 1. The van der Waals surface area contributed by atoms with Crippen molar-refractivity contribution in [3.05, 3.63) is 80.0 Å². The molecule has 0 bridgehead atoms. The third-order valence-corrected chi connectivity index (χ3v) is 5.29. The fourth-order valence-electron chi connectivity index (χ4n) is 2.62. The van der Waals surface area contributed by atoms with Gasteiger partial charge in [0.1, 0.15) is 5.69 Å². The van der Waals surface area contributed by atoms with Crippen LogP contribution in [-0.2, 0) is 0 Å². The second-order valence-electron chi connectivity index (χ2n) is 5.72. The molecule has 134 valence electrons. The van der Waals surface area contributed by atoms with Crippen molar-refractivity contribution in [3.63, 3.8) is 0 Å². The number of nitrogens with one attached hydrogen (secondary N) is 2. The van der Waals surface area contributed by atoms with Crippen LogP contribution in [0.5, 0.6) is 0 Å². The Morgan fingerprint density at radius 3 is 2.30 bits per heavy atom. The van der Waals surface area contributed by atoms with Crippen LogP contribution in [0.15, 0.2) is 59.4 Å². The standard InChI is InChI=1S/C19H11Cl2N3O2S/c20-11-3-1-10(2-4-11)14-9-15(23-17-16(14)27-19(26)24-17)18(25)22-13-7-5-12(21)6-8-13/h1-9H,(H,22,25)(H,23,24,26). The van der Waals surface area contributed by atoms with Gasteiger partial charge in [0.2, 0.25) is 0 Å². The summed E-state index contributed by atoms with van der Waals surface area (Å²) in [6, 6.07) is 15.6. The number of hydrogen-bond acceptors (Lipinski definition) is 4. The first-order valence-corrected chi connectivity index (χ1v) is 9.43. The second kappa shape index (κ2) is 7.15. The fourth-order valence-corrected chi connectivity index (χ4v) is 3.69. The molecule has 2 aromatic carbocycles. The summed E-state index contributed by atoms with van der Waals surface area (Å²) in [5.41, 5.74) is 2.73. The van der Waals surface area contributed by atoms with Crippen LogP contribution in [0.1, 0.15) is 10.5 Å². The van der Waals surface area contributed by atoms with E-state index in [9.17, 15) is 9.59 Å². The number of anilines is 1. The van der Waals surface area contributed by atoms with Crippen LogP contribution in [0.2, 0.25) is 10.0 Å². The highest BCUT2D eigenvalue weighted by Gasteiger charge is 2.16. The zero-order valence-corrected chi connectivity index (χ0v) is 16.0. The third-order valence-electron chi connectivity index (χ3n) is 3.88. The minimum Gasteiger partial charge on any atom is -0.321 e. The molecular weight excluding hydrogens is 405 g/mol. The molecule has 0 radical (unpaired) electrons. The van der Waals surface area contributed by atoms with Gasteiger partial charge in [0.05, 0.1) is 4.70 Å². The molecule has 5 nitrogen and oxygen atoms in total. The number of carbonyl (C=O) groups excluding carboxylic acids is 1. The van der Waals surface area contributed by atoms with Crippen LogP contribution < -0.4 is 10.2 Å². The monoisotopic (exact) mass is 415 g/mol. The van der Waals surface area contributed by atoms with Crippen molar-refractivity contribution in [2.45, 2.75) is 0 Å². The minimum absolute atomic E-state index is 0.191. The lowest BCUT2D eigenvalue weighted by atomic mass is 10.1. The van der Waals surface area contributed by atoms with E-state index in [-0.39, 0.29) is 16.5 Å². The van der Waals surface area contributed by atoms with Crippen LogP contribution in [0, 0.1) is 0 Å². The number of carbonyl (C=O) groups is 1. The number of thiazole rings is 1. The molecular formula is C19H11Cl2N3O2S. The molecule has 0 spiro atoms. The predicted molar refractivity (Wildman–Crippen MR) is 110 cm³/mol. The summed E-state index contributed by atoms with van der Waals surface area (Å²) in [7, 11) is 0. The molecule has 0 atom stereocenters. The van der Waals surface area contributed by atoms with Gasteiger partial charge < -0.3 is 5.32 Å². The van der Waals surface area contributed by atoms with Gasteiger partial charge in [-0.05, 0) is 48.0 Å². The van der Waals surface area contributed by atoms with Crippen molar-refractivity contribution in [2.24, 2.45) is 0 Å². The Kier molecular flexibility index (Phi) is 4.70. The lowest BCUT2D eigenvalue weighted by Gasteiger charge is -2.08. The Hall–Kier alpha value is -2.67. The molecule has 0 unspecified atom stereocenters. The molecule has 0 saturated heterocycles. The van der Waals surface area contributed by atoms with Gasteiger partial charge in [-0.15, -0.1) is 0 Å². The summed E-state index contributed by atoms with van der Waals surface area (Å²) in [5, 5.41) is 3.96. The first kappa shape index (κ1) is 17.7. The normalized spacial score (nSPS) is 10.9. The molecule has 0 aliphatic heterocycles. The third kappa shape index (κ3) is 3.73. The predicted octanol–water partition coefficient (Wildman–Crippen LogP) is 5.21. The number of amides is 1. The summed E-state index contributed by atoms with van der Waals surface area (Å²) >= 11 is 12.9. The number of fused-ring (bicyclic) bond motifs is 1. The van der Waals surface area contributed by atoms with Crippen molar-refractivity contribution < 1.29 is 4.79 Å². The number of hydrogen-bond donors (Lipinski definition) is 2. The molecule has 2 N–H and O–H groups in total. The fraction of sp³-hybridized carbons (Fsp3) is 0. The van der Waals surface area contributed by atoms with Gasteiger partial charge in [-0.25, -0.2) is 4.98 Å².